The lowest BCUT2D eigenvalue weighted by atomic mass is 10.4. The van der Waals surface area contributed by atoms with Gasteiger partial charge in [0.05, 0.1) is 25.4 Å². The molecule has 8 nitrogen and oxygen atoms in total. The van der Waals surface area contributed by atoms with Gasteiger partial charge in [0.15, 0.2) is 0 Å². The molecule has 0 amide bonds. The second kappa shape index (κ2) is 14.5. The van der Waals surface area contributed by atoms with Gasteiger partial charge in [-0.2, -0.15) is 0 Å². The molecule has 140 valence electrons. The third-order valence-corrected chi connectivity index (χ3v) is 1.92. The van der Waals surface area contributed by atoms with Crippen molar-refractivity contribution >= 4 is 23.9 Å². The van der Waals surface area contributed by atoms with Crippen LogP contribution in [-0.2, 0) is 38.1 Å². The molecule has 0 unspecified atom stereocenters. The number of ether oxygens (including phenoxy) is 4. The summed E-state index contributed by atoms with van der Waals surface area (Å²) in [5.74, 6) is -2.15. The van der Waals surface area contributed by atoms with Crippen molar-refractivity contribution in [3.05, 3.63) is 0 Å². The second-order valence-electron chi connectivity index (χ2n) is 5.04. The minimum absolute atomic E-state index is 0.195. The summed E-state index contributed by atoms with van der Waals surface area (Å²) in [6.45, 7) is 10.9. The van der Waals surface area contributed by atoms with E-state index in [9.17, 15) is 19.2 Å². The molecule has 8 heteroatoms. The Bertz CT molecular complexity index is 365. The van der Waals surface area contributed by atoms with Crippen LogP contribution in [0.3, 0.4) is 0 Å². The maximum Gasteiger partial charge on any atom is 0.317 e. The van der Waals surface area contributed by atoms with Crippen molar-refractivity contribution in [2.75, 3.05) is 13.2 Å². The zero-order valence-corrected chi connectivity index (χ0v) is 15.2. The van der Waals surface area contributed by atoms with Gasteiger partial charge in [0.1, 0.15) is 12.8 Å². The highest BCUT2D eigenvalue weighted by Gasteiger charge is 2.14. The van der Waals surface area contributed by atoms with Crippen LogP contribution in [0.5, 0.6) is 0 Å². The molecule has 0 rings (SSSR count). The molecule has 0 aromatic rings. The molecule has 0 atom stereocenters. The molecule has 0 aliphatic carbocycles. The summed E-state index contributed by atoms with van der Waals surface area (Å²) in [6.07, 6.45) is -0.989. The van der Waals surface area contributed by atoms with Crippen LogP contribution in [-0.4, -0.2) is 49.3 Å². The van der Waals surface area contributed by atoms with Crippen molar-refractivity contribution in [2.24, 2.45) is 0 Å². The lowest BCUT2D eigenvalue weighted by Gasteiger charge is -2.09. The van der Waals surface area contributed by atoms with E-state index in [-0.39, 0.29) is 38.3 Å². The Morgan fingerprint density at radius 1 is 0.625 bits per heavy atom. The van der Waals surface area contributed by atoms with Gasteiger partial charge in [-0.25, -0.2) is 0 Å². The highest BCUT2D eigenvalue weighted by atomic mass is 16.6. The number of hydrogen-bond acceptors (Lipinski definition) is 8. The first-order valence-electron chi connectivity index (χ1n) is 7.82. The van der Waals surface area contributed by atoms with Crippen molar-refractivity contribution < 1.29 is 38.1 Å². The van der Waals surface area contributed by atoms with E-state index < -0.39 is 23.9 Å². The minimum atomic E-state index is -0.541. The quantitative estimate of drug-likeness (QED) is 0.371. The zero-order valence-electron chi connectivity index (χ0n) is 15.2. The van der Waals surface area contributed by atoms with Crippen molar-refractivity contribution in [1.29, 1.82) is 0 Å². The average Bonchev–Trinajstić information content (AvgIpc) is 2.37. The Morgan fingerprint density at radius 2 is 0.917 bits per heavy atom. The van der Waals surface area contributed by atoms with E-state index in [0.717, 1.165) is 0 Å². The number of hydrogen-bond donors (Lipinski definition) is 0. The summed E-state index contributed by atoms with van der Waals surface area (Å²) in [4.78, 5) is 43.1. The number of rotatable bonds is 8. The van der Waals surface area contributed by atoms with E-state index in [1.54, 1.807) is 41.5 Å². The Balaban J connectivity index is 0. The molecule has 0 aliphatic rings. The molecular weight excluding hydrogens is 320 g/mol. The van der Waals surface area contributed by atoms with Crippen molar-refractivity contribution in [3.8, 4) is 0 Å². The fourth-order valence-corrected chi connectivity index (χ4v) is 1.27. The third-order valence-electron chi connectivity index (χ3n) is 1.92. The van der Waals surface area contributed by atoms with Gasteiger partial charge in [-0.1, -0.05) is 0 Å². The third kappa shape index (κ3) is 17.9. The summed E-state index contributed by atoms with van der Waals surface area (Å²) in [5.41, 5.74) is 0. The highest BCUT2D eigenvalue weighted by molar-refractivity contribution is 5.91. The van der Waals surface area contributed by atoms with Crippen molar-refractivity contribution in [1.82, 2.24) is 0 Å². The van der Waals surface area contributed by atoms with Gasteiger partial charge >= 0.3 is 23.9 Å². The van der Waals surface area contributed by atoms with Gasteiger partial charge in [-0.3, -0.25) is 19.2 Å². The first kappa shape index (κ1) is 24.1. The van der Waals surface area contributed by atoms with Gasteiger partial charge in [-0.05, 0) is 41.5 Å². The molecular formula is C16H28O8. The minimum Gasteiger partial charge on any atom is -0.466 e. The summed E-state index contributed by atoms with van der Waals surface area (Å²) in [7, 11) is 0. The average molecular weight is 348 g/mol. The van der Waals surface area contributed by atoms with Crippen LogP contribution in [0, 0.1) is 0 Å². The van der Waals surface area contributed by atoms with E-state index in [4.69, 9.17) is 9.47 Å². The largest absolute Gasteiger partial charge is 0.466 e. The van der Waals surface area contributed by atoms with E-state index in [1.807, 2.05) is 0 Å². The van der Waals surface area contributed by atoms with Crippen LogP contribution >= 0.6 is 0 Å². The summed E-state index contributed by atoms with van der Waals surface area (Å²) < 4.78 is 18.6. The molecule has 0 heterocycles. The SMILES string of the molecule is CC(C)OC(=O)CC(=O)OC(C)C.CCOC(=O)CC(=O)OCC. The van der Waals surface area contributed by atoms with Crippen molar-refractivity contribution in [2.45, 2.75) is 66.6 Å². The van der Waals surface area contributed by atoms with Gasteiger partial charge in [0.25, 0.3) is 0 Å². The fourth-order valence-electron chi connectivity index (χ4n) is 1.27. The van der Waals surface area contributed by atoms with Gasteiger partial charge in [-0.15, -0.1) is 0 Å². The molecule has 0 N–H and O–H groups in total. The Kier molecular flexibility index (Phi) is 14.6. The van der Waals surface area contributed by atoms with Crippen molar-refractivity contribution in [3.63, 3.8) is 0 Å². The predicted octanol–water partition coefficient (Wildman–Crippen LogP) is 1.78. The first-order valence-corrected chi connectivity index (χ1v) is 7.82. The smallest absolute Gasteiger partial charge is 0.317 e. The van der Waals surface area contributed by atoms with Gasteiger partial charge < -0.3 is 18.9 Å². The van der Waals surface area contributed by atoms with Crippen LogP contribution in [0.4, 0.5) is 0 Å². The van der Waals surface area contributed by atoms with Crippen LogP contribution < -0.4 is 0 Å². The second-order valence-corrected chi connectivity index (χ2v) is 5.04. The lowest BCUT2D eigenvalue weighted by molar-refractivity contribution is -0.159. The summed E-state index contributed by atoms with van der Waals surface area (Å²) >= 11 is 0. The molecule has 24 heavy (non-hydrogen) atoms. The first-order chi connectivity index (χ1) is 11.1. The Hall–Kier alpha value is -2.12. The van der Waals surface area contributed by atoms with E-state index in [1.165, 1.54) is 0 Å². The normalized spacial score (nSPS) is 9.67. The van der Waals surface area contributed by atoms with E-state index in [0.29, 0.717) is 0 Å². The molecule has 0 bridgehead atoms. The van der Waals surface area contributed by atoms with Gasteiger partial charge in [0, 0.05) is 0 Å². The molecule has 0 aliphatic heterocycles. The predicted molar refractivity (Wildman–Crippen MR) is 85.0 cm³/mol. The summed E-state index contributed by atoms with van der Waals surface area (Å²) in [5, 5.41) is 0. The van der Waals surface area contributed by atoms with E-state index >= 15 is 0 Å². The number of esters is 4. The van der Waals surface area contributed by atoms with Crippen LogP contribution in [0.25, 0.3) is 0 Å². The molecule has 0 saturated heterocycles. The molecule has 0 fully saturated rings. The Labute approximate surface area is 142 Å². The topological polar surface area (TPSA) is 105 Å². The Morgan fingerprint density at radius 3 is 1.17 bits per heavy atom. The maximum atomic E-state index is 10.9. The number of carbonyl (C=O) groups excluding carboxylic acids is 4. The highest BCUT2D eigenvalue weighted by Crippen LogP contribution is 1.97. The lowest BCUT2D eigenvalue weighted by Crippen LogP contribution is -2.19. The standard InChI is InChI=1S/C9H16O4.C7H12O4/c1-6(2)12-8(10)5-9(11)13-7(3)4;1-3-10-6(8)5-7(9)11-4-2/h6-7H,5H2,1-4H3;3-5H2,1-2H3. The maximum absolute atomic E-state index is 10.9. The molecule has 0 saturated carbocycles. The van der Waals surface area contributed by atoms with Crippen LogP contribution in [0.15, 0.2) is 0 Å². The van der Waals surface area contributed by atoms with Crippen LogP contribution in [0.2, 0.25) is 0 Å². The molecule has 0 aromatic heterocycles. The zero-order chi connectivity index (χ0) is 19.1. The van der Waals surface area contributed by atoms with Crippen LogP contribution in [0.1, 0.15) is 54.4 Å². The summed E-state index contributed by atoms with van der Waals surface area (Å²) in [6, 6.07) is 0. The fraction of sp³-hybridized carbons (Fsp3) is 0.750. The molecule has 0 spiro atoms. The molecule has 0 radical (unpaired) electrons. The monoisotopic (exact) mass is 348 g/mol. The van der Waals surface area contributed by atoms with Gasteiger partial charge in [0.2, 0.25) is 0 Å². The molecule has 0 aromatic carbocycles. The van der Waals surface area contributed by atoms with E-state index in [2.05, 4.69) is 9.47 Å². The number of carbonyl (C=O) groups is 4.